The number of aromatic nitrogens is 1. The van der Waals surface area contributed by atoms with Crippen molar-refractivity contribution >= 4 is 11.8 Å². The van der Waals surface area contributed by atoms with Crippen LogP contribution in [0.3, 0.4) is 0 Å². The van der Waals surface area contributed by atoms with E-state index in [1.54, 1.807) is 11.1 Å². The summed E-state index contributed by atoms with van der Waals surface area (Å²) in [4.78, 5) is 20.1. The highest BCUT2D eigenvalue weighted by atomic mass is 16.6. The van der Waals surface area contributed by atoms with Crippen LogP contribution < -0.4 is 10.2 Å². The van der Waals surface area contributed by atoms with Crippen LogP contribution in [-0.2, 0) is 11.3 Å². The average Bonchev–Trinajstić information content (AvgIpc) is 2.92. The lowest BCUT2D eigenvalue weighted by Gasteiger charge is -2.24. The van der Waals surface area contributed by atoms with Crippen LogP contribution in [0.15, 0.2) is 18.5 Å². The van der Waals surface area contributed by atoms with Gasteiger partial charge in [-0.2, -0.15) is 0 Å². The summed E-state index contributed by atoms with van der Waals surface area (Å²) in [5.74, 6) is 0. The number of carbonyl (C=O) groups excluding carboxylic acids is 1. The number of amides is 1. The van der Waals surface area contributed by atoms with Crippen molar-refractivity contribution in [3.8, 4) is 0 Å². The second kappa shape index (κ2) is 7.17. The van der Waals surface area contributed by atoms with Gasteiger partial charge in [0.1, 0.15) is 5.60 Å². The Hall–Kier alpha value is -1.82. The third kappa shape index (κ3) is 5.10. The van der Waals surface area contributed by atoms with Gasteiger partial charge in [-0.15, -0.1) is 0 Å². The van der Waals surface area contributed by atoms with Crippen molar-refractivity contribution in [2.75, 3.05) is 32.1 Å². The number of rotatable bonds is 4. The first-order valence-electron chi connectivity index (χ1n) is 8.08. The van der Waals surface area contributed by atoms with Crippen LogP contribution in [0.5, 0.6) is 0 Å². The molecule has 1 aromatic rings. The normalized spacial score (nSPS) is 18.1. The molecule has 6 nitrogen and oxygen atoms in total. The van der Waals surface area contributed by atoms with Gasteiger partial charge in [0.2, 0.25) is 0 Å². The highest BCUT2D eigenvalue weighted by Crippen LogP contribution is 2.18. The molecule has 23 heavy (non-hydrogen) atoms. The van der Waals surface area contributed by atoms with Crippen molar-refractivity contribution in [1.29, 1.82) is 0 Å². The fourth-order valence-corrected chi connectivity index (χ4v) is 2.67. The molecule has 1 N–H and O–H groups in total. The fourth-order valence-electron chi connectivity index (χ4n) is 2.67. The number of carbonyl (C=O) groups is 1. The van der Waals surface area contributed by atoms with E-state index in [1.165, 1.54) is 0 Å². The largest absolute Gasteiger partial charge is 0.444 e. The fraction of sp³-hybridized carbons (Fsp3) is 0.647. The Morgan fingerprint density at radius 2 is 2.22 bits per heavy atom. The molecule has 1 amide bonds. The molecule has 0 aromatic carbocycles. The molecule has 0 radical (unpaired) electrons. The van der Waals surface area contributed by atoms with Gasteiger partial charge in [0, 0.05) is 63.4 Å². The van der Waals surface area contributed by atoms with Gasteiger partial charge < -0.3 is 19.9 Å². The summed E-state index contributed by atoms with van der Waals surface area (Å²) in [5.41, 5.74) is 1.88. The molecule has 1 fully saturated rings. The minimum absolute atomic E-state index is 0.225. The molecule has 0 unspecified atom stereocenters. The van der Waals surface area contributed by atoms with E-state index in [1.807, 2.05) is 47.1 Å². The minimum atomic E-state index is -0.446. The van der Waals surface area contributed by atoms with Crippen LogP contribution in [0, 0.1) is 0 Å². The molecule has 1 aliphatic rings. The zero-order chi connectivity index (χ0) is 17.0. The number of likely N-dealkylation sites (tertiary alicyclic amines) is 1. The number of pyridine rings is 1. The van der Waals surface area contributed by atoms with Gasteiger partial charge in [-0.25, -0.2) is 4.79 Å². The first-order chi connectivity index (χ1) is 10.8. The summed E-state index contributed by atoms with van der Waals surface area (Å²) in [5, 5.41) is 3.52. The highest BCUT2D eigenvalue weighted by molar-refractivity contribution is 5.68. The summed E-state index contributed by atoms with van der Waals surface area (Å²) in [6.45, 7) is 7.84. The summed E-state index contributed by atoms with van der Waals surface area (Å²) in [6, 6.07) is 2.30. The molecule has 0 spiro atoms. The van der Waals surface area contributed by atoms with Crippen molar-refractivity contribution in [2.45, 2.75) is 45.4 Å². The number of ether oxygens (including phenoxy) is 1. The van der Waals surface area contributed by atoms with E-state index in [0.29, 0.717) is 6.54 Å². The predicted molar refractivity (Wildman–Crippen MR) is 91.6 cm³/mol. The topological polar surface area (TPSA) is 57.7 Å². The standard InChI is InChI=1S/C17H28N4O2/c1-17(2,3)23-16(22)21-9-7-14(12-21)19-11-13-10-18-8-6-15(13)20(4)5/h6,8,10,14,19H,7,9,11-12H2,1-5H3/t14-/m0/s1. The lowest BCUT2D eigenvalue weighted by atomic mass is 10.2. The Morgan fingerprint density at radius 3 is 2.87 bits per heavy atom. The van der Waals surface area contributed by atoms with E-state index >= 15 is 0 Å². The number of anilines is 1. The van der Waals surface area contributed by atoms with Gasteiger partial charge in [-0.1, -0.05) is 0 Å². The Bertz CT molecular complexity index is 540. The van der Waals surface area contributed by atoms with E-state index in [-0.39, 0.29) is 12.1 Å². The molecular formula is C17H28N4O2. The SMILES string of the molecule is CN(C)c1ccncc1CN[C@H]1CCN(C(=O)OC(C)(C)C)C1. The van der Waals surface area contributed by atoms with Crippen LogP contribution in [0.1, 0.15) is 32.8 Å². The monoisotopic (exact) mass is 320 g/mol. The first kappa shape index (κ1) is 17.5. The van der Waals surface area contributed by atoms with E-state index in [4.69, 9.17) is 4.74 Å². The summed E-state index contributed by atoms with van der Waals surface area (Å²) in [6.07, 6.45) is 4.41. The minimum Gasteiger partial charge on any atom is -0.444 e. The molecule has 0 aliphatic carbocycles. The van der Waals surface area contributed by atoms with E-state index in [2.05, 4.69) is 15.2 Å². The molecule has 1 atom stereocenters. The highest BCUT2D eigenvalue weighted by Gasteiger charge is 2.29. The molecule has 1 aliphatic heterocycles. The lowest BCUT2D eigenvalue weighted by molar-refractivity contribution is 0.0291. The number of hydrogen-bond donors (Lipinski definition) is 1. The Labute approximate surface area is 138 Å². The smallest absolute Gasteiger partial charge is 0.410 e. The van der Waals surface area contributed by atoms with Crippen molar-refractivity contribution in [3.05, 3.63) is 24.0 Å². The molecule has 128 valence electrons. The zero-order valence-electron chi connectivity index (χ0n) is 14.8. The predicted octanol–water partition coefficient (Wildman–Crippen LogP) is 2.25. The summed E-state index contributed by atoms with van der Waals surface area (Å²) < 4.78 is 5.43. The van der Waals surface area contributed by atoms with Crippen molar-refractivity contribution in [3.63, 3.8) is 0 Å². The van der Waals surface area contributed by atoms with Crippen LogP contribution in [0.2, 0.25) is 0 Å². The number of nitrogens with zero attached hydrogens (tertiary/aromatic N) is 3. The second-order valence-corrected chi connectivity index (χ2v) is 7.19. The molecule has 2 heterocycles. The number of nitrogens with one attached hydrogen (secondary N) is 1. The van der Waals surface area contributed by atoms with Crippen LogP contribution in [0.25, 0.3) is 0 Å². The maximum Gasteiger partial charge on any atom is 0.410 e. The second-order valence-electron chi connectivity index (χ2n) is 7.19. The van der Waals surface area contributed by atoms with Gasteiger partial charge in [0.05, 0.1) is 0 Å². The van der Waals surface area contributed by atoms with Crippen molar-refractivity contribution in [1.82, 2.24) is 15.2 Å². The molecule has 2 rings (SSSR count). The van der Waals surface area contributed by atoms with Crippen LogP contribution in [0.4, 0.5) is 10.5 Å². The van der Waals surface area contributed by atoms with Gasteiger partial charge in [0.25, 0.3) is 0 Å². The molecule has 6 heteroatoms. The maximum atomic E-state index is 12.1. The molecular weight excluding hydrogens is 292 g/mol. The molecule has 1 aromatic heterocycles. The van der Waals surface area contributed by atoms with E-state index in [0.717, 1.165) is 30.8 Å². The van der Waals surface area contributed by atoms with Gasteiger partial charge >= 0.3 is 6.09 Å². The number of hydrogen-bond acceptors (Lipinski definition) is 5. The van der Waals surface area contributed by atoms with Crippen LogP contribution in [-0.4, -0.2) is 54.8 Å². The third-order valence-electron chi connectivity index (χ3n) is 3.78. The van der Waals surface area contributed by atoms with Crippen LogP contribution >= 0.6 is 0 Å². The molecule has 0 bridgehead atoms. The first-order valence-corrected chi connectivity index (χ1v) is 8.08. The van der Waals surface area contributed by atoms with Crippen molar-refractivity contribution in [2.24, 2.45) is 0 Å². The Kier molecular flexibility index (Phi) is 5.46. The Morgan fingerprint density at radius 1 is 1.48 bits per heavy atom. The third-order valence-corrected chi connectivity index (χ3v) is 3.78. The average molecular weight is 320 g/mol. The van der Waals surface area contributed by atoms with E-state index < -0.39 is 5.60 Å². The summed E-state index contributed by atoms with van der Waals surface area (Å²) >= 11 is 0. The zero-order valence-corrected chi connectivity index (χ0v) is 14.8. The lowest BCUT2D eigenvalue weighted by Crippen LogP contribution is -2.38. The van der Waals surface area contributed by atoms with Gasteiger partial charge in [-0.3, -0.25) is 4.98 Å². The van der Waals surface area contributed by atoms with Gasteiger partial charge in [-0.05, 0) is 33.3 Å². The quantitative estimate of drug-likeness (QED) is 0.922. The van der Waals surface area contributed by atoms with Crippen molar-refractivity contribution < 1.29 is 9.53 Å². The molecule has 1 saturated heterocycles. The maximum absolute atomic E-state index is 12.1. The van der Waals surface area contributed by atoms with E-state index in [9.17, 15) is 4.79 Å². The Balaban J connectivity index is 1.86. The molecule has 0 saturated carbocycles. The summed E-state index contributed by atoms with van der Waals surface area (Å²) in [7, 11) is 4.05. The van der Waals surface area contributed by atoms with Gasteiger partial charge in [0.15, 0.2) is 0 Å².